The number of aromatic nitrogens is 1. The number of carbonyl (C=O) groups is 1. The third-order valence-corrected chi connectivity index (χ3v) is 9.21. The number of rotatable bonds is 9. The van der Waals surface area contributed by atoms with Gasteiger partial charge in [-0.15, -0.1) is 0 Å². The summed E-state index contributed by atoms with van der Waals surface area (Å²) in [6.45, 7) is 8.86. The number of hydrogen-bond acceptors (Lipinski definition) is 7. The number of amides is 1. The van der Waals surface area contributed by atoms with Crippen LogP contribution in [0, 0.1) is 18.3 Å². The van der Waals surface area contributed by atoms with Crippen LogP contribution in [0.2, 0.25) is 0 Å². The molecular formula is C33H35N5O2S2. The lowest BCUT2D eigenvalue weighted by Crippen LogP contribution is -2.48. The monoisotopic (exact) mass is 597 g/mol. The van der Waals surface area contributed by atoms with Crippen LogP contribution in [-0.2, 0) is 24.3 Å². The molecule has 0 saturated carbocycles. The Kier molecular flexibility index (Phi) is 9.58. The van der Waals surface area contributed by atoms with E-state index in [-0.39, 0.29) is 17.0 Å². The largest absolute Gasteiger partial charge is 0.355 e. The molecule has 0 atom stereocenters. The van der Waals surface area contributed by atoms with Crippen molar-refractivity contribution < 1.29 is 4.79 Å². The fourth-order valence-corrected chi connectivity index (χ4v) is 6.88. The third-order valence-electron chi connectivity index (χ3n) is 7.83. The molecule has 42 heavy (non-hydrogen) atoms. The molecule has 0 unspecified atom stereocenters. The van der Waals surface area contributed by atoms with Crippen molar-refractivity contribution in [3.63, 3.8) is 0 Å². The van der Waals surface area contributed by atoms with Crippen molar-refractivity contribution in [2.75, 3.05) is 37.6 Å². The lowest BCUT2D eigenvalue weighted by Gasteiger charge is -2.38. The van der Waals surface area contributed by atoms with Gasteiger partial charge in [0.2, 0.25) is 0 Å². The van der Waals surface area contributed by atoms with Crippen LogP contribution in [-0.4, -0.2) is 57.3 Å². The Morgan fingerprint density at radius 1 is 0.952 bits per heavy atom. The van der Waals surface area contributed by atoms with Crippen LogP contribution >= 0.6 is 24.0 Å². The Balaban J connectivity index is 1.46. The van der Waals surface area contributed by atoms with Crippen molar-refractivity contribution in [3.8, 4) is 6.07 Å². The Hall–Kier alpha value is -3.71. The first-order valence-electron chi connectivity index (χ1n) is 14.4. The van der Waals surface area contributed by atoms with Crippen LogP contribution in [0.15, 0.2) is 70.4 Å². The number of thioether (sulfide) groups is 1. The Labute approximate surface area is 257 Å². The minimum absolute atomic E-state index is 0.126. The lowest BCUT2D eigenvalue weighted by molar-refractivity contribution is -0.122. The quantitative estimate of drug-likeness (QED) is 0.248. The van der Waals surface area contributed by atoms with Gasteiger partial charge < -0.3 is 4.90 Å². The van der Waals surface area contributed by atoms with Crippen molar-refractivity contribution in [2.45, 2.75) is 39.8 Å². The van der Waals surface area contributed by atoms with Gasteiger partial charge in [0.05, 0.1) is 4.91 Å². The van der Waals surface area contributed by atoms with Gasteiger partial charge in [0.25, 0.3) is 11.5 Å². The highest BCUT2D eigenvalue weighted by molar-refractivity contribution is 8.26. The van der Waals surface area contributed by atoms with Crippen LogP contribution in [0.25, 0.3) is 6.08 Å². The number of pyridine rings is 1. The molecule has 0 bridgehead atoms. The SMILES string of the molecule is CCCn1c(N2CCN(Cc3ccccc3)CC2)c(/C=C2\SC(=S)N(CCc3ccccc3)C2=O)c(C)c(C#N)c1=O. The van der Waals surface area contributed by atoms with Gasteiger partial charge in [0, 0.05) is 51.4 Å². The minimum Gasteiger partial charge on any atom is -0.355 e. The molecule has 2 aliphatic heterocycles. The van der Waals surface area contributed by atoms with Gasteiger partial charge in [-0.05, 0) is 42.5 Å². The highest BCUT2D eigenvalue weighted by Gasteiger charge is 2.33. The van der Waals surface area contributed by atoms with E-state index in [1.54, 1.807) is 9.47 Å². The Morgan fingerprint density at radius 2 is 1.60 bits per heavy atom. The molecule has 2 saturated heterocycles. The van der Waals surface area contributed by atoms with Crippen LogP contribution in [0.4, 0.5) is 5.82 Å². The predicted molar refractivity (Wildman–Crippen MR) is 174 cm³/mol. The summed E-state index contributed by atoms with van der Waals surface area (Å²) in [5, 5.41) is 9.96. The molecule has 1 aromatic heterocycles. The Morgan fingerprint density at radius 3 is 2.21 bits per heavy atom. The molecule has 7 nitrogen and oxygen atoms in total. The van der Waals surface area contributed by atoms with Crippen LogP contribution in [0.1, 0.15) is 41.2 Å². The van der Waals surface area contributed by atoms with Crippen LogP contribution in [0.5, 0.6) is 0 Å². The number of benzene rings is 2. The van der Waals surface area contributed by atoms with E-state index in [0.717, 1.165) is 56.1 Å². The van der Waals surface area contributed by atoms with Crippen molar-refractivity contribution in [3.05, 3.63) is 104 Å². The lowest BCUT2D eigenvalue weighted by atomic mass is 10.0. The zero-order valence-electron chi connectivity index (χ0n) is 24.1. The van der Waals surface area contributed by atoms with E-state index in [1.807, 2.05) is 56.3 Å². The summed E-state index contributed by atoms with van der Waals surface area (Å²) >= 11 is 6.91. The average Bonchev–Trinajstić information content (AvgIpc) is 3.27. The molecule has 2 fully saturated rings. The summed E-state index contributed by atoms with van der Waals surface area (Å²) in [5.74, 6) is 0.651. The molecule has 5 rings (SSSR count). The van der Waals surface area contributed by atoms with Gasteiger partial charge in [0.1, 0.15) is 21.8 Å². The topological polar surface area (TPSA) is 72.6 Å². The number of hydrogen-bond donors (Lipinski definition) is 0. The zero-order chi connectivity index (χ0) is 29.6. The molecule has 0 spiro atoms. The molecule has 2 aromatic carbocycles. The molecule has 0 N–H and O–H groups in total. The average molecular weight is 598 g/mol. The van der Waals surface area contributed by atoms with Gasteiger partial charge >= 0.3 is 0 Å². The molecule has 3 aromatic rings. The fourth-order valence-electron chi connectivity index (χ4n) is 5.58. The maximum atomic E-state index is 13.6. The van der Waals surface area contributed by atoms with Gasteiger partial charge in [-0.2, -0.15) is 5.26 Å². The number of anilines is 1. The summed E-state index contributed by atoms with van der Waals surface area (Å²) < 4.78 is 2.26. The second kappa shape index (κ2) is 13.5. The summed E-state index contributed by atoms with van der Waals surface area (Å²) in [4.78, 5) is 34.0. The molecule has 9 heteroatoms. The second-order valence-electron chi connectivity index (χ2n) is 10.6. The maximum Gasteiger partial charge on any atom is 0.270 e. The van der Waals surface area contributed by atoms with E-state index in [1.165, 1.54) is 17.3 Å². The van der Waals surface area contributed by atoms with Gasteiger partial charge in [-0.1, -0.05) is 91.6 Å². The van der Waals surface area contributed by atoms with E-state index in [4.69, 9.17) is 12.2 Å². The first-order chi connectivity index (χ1) is 20.4. The Bertz CT molecular complexity index is 1590. The number of piperazine rings is 1. The minimum atomic E-state index is -0.272. The smallest absolute Gasteiger partial charge is 0.270 e. The third kappa shape index (κ3) is 6.36. The molecular weight excluding hydrogens is 563 g/mol. The fraction of sp³-hybridized carbons (Fsp3) is 0.333. The maximum absolute atomic E-state index is 13.6. The van der Waals surface area contributed by atoms with Crippen LogP contribution in [0.3, 0.4) is 0 Å². The number of carbonyl (C=O) groups excluding carboxylic acids is 1. The zero-order valence-corrected chi connectivity index (χ0v) is 25.7. The van der Waals surface area contributed by atoms with Crippen molar-refractivity contribution in [1.29, 1.82) is 5.26 Å². The van der Waals surface area contributed by atoms with Gasteiger partial charge in [-0.25, -0.2) is 0 Å². The highest BCUT2D eigenvalue weighted by Crippen LogP contribution is 2.36. The highest BCUT2D eigenvalue weighted by atomic mass is 32.2. The van der Waals surface area contributed by atoms with Gasteiger partial charge in [-0.3, -0.25) is 24.0 Å². The molecule has 0 radical (unpaired) electrons. The number of nitriles is 1. The normalized spacial score (nSPS) is 16.8. The van der Waals surface area contributed by atoms with E-state index in [2.05, 4.69) is 40.1 Å². The van der Waals surface area contributed by atoms with E-state index in [0.29, 0.717) is 34.3 Å². The first-order valence-corrected chi connectivity index (χ1v) is 15.6. The van der Waals surface area contributed by atoms with Crippen LogP contribution < -0.4 is 10.5 Å². The van der Waals surface area contributed by atoms with Gasteiger partial charge in [0.15, 0.2) is 0 Å². The van der Waals surface area contributed by atoms with Crippen molar-refractivity contribution in [1.82, 2.24) is 14.4 Å². The second-order valence-corrected chi connectivity index (χ2v) is 12.3. The van der Waals surface area contributed by atoms with Crippen molar-refractivity contribution in [2.24, 2.45) is 0 Å². The summed E-state index contributed by atoms with van der Waals surface area (Å²) in [7, 11) is 0. The molecule has 2 aliphatic rings. The number of thiocarbonyl (C=S) groups is 1. The van der Waals surface area contributed by atoms with E-state index >= 15 is 0 Å². The molecule has 3 heterocycles. The summed E-state index contributed by atoms with van der Waals surface area (Å²) in [6, 6.07) is 22.6. The van der Waals surface area contributed by atoms with Crippen molar-refractivity contribution >= 4 is 46.1 Å². The van der Waals surface area contributed by atoms with E-state index < -0.39 is 0 Å². The predicted octanol–water partition coefficient (Wildman–Crippen LogP) is 5.20. The first kappa shape index (κ1) is 29.8. The number of nitrogens with zero attached hydrogens (tertiary/aromatic N) is 5. The van der Waals surface area contributed by atoms with E-state index in [9.17, 15) is 14.9 Å². The standard InChI is InChI=1S/C33H35N5O2S2/c1-3-15-37-30(36-19-17-35(18-20-36)23-26-12-8-5-9-13-26)27(24(2)28(22-34)31(37)39)21-29-32(40)38(33(41)42-29)16-14-25-10-6-4-7-11-25/h4-13,21H,3,14-20,23H2,1-2H3/b29-21-. The molecule has 1 amide bonds. The molecule has 216 valence electrons. The summed E-state index contributed by atoms with van der Waals surface area (Å²) in [5.41, 5.74) is 3.63. The summed E-state index contributed by atoms with van der Waals surface area (Å²) in [6.07, 6.45) is 3.31. The molecule has 0 aliphatic carbocycles.